The highest BCUT2D eigenvalue weighted by Crippen LogP contribution is 2.31. The third-order valence-corrected chi connectivity index (χ3v) is 9.32. The number of halogens is 2. The minimum Gasteiger partial charge on any atom is -0.352 e. The molecule has 0 aromatic heterocycles. The molecule has 0 aliphatic carbocycles. The van der Waals surface area contributed by atoms with Gasteiger partial charge in [-0.2, -0.15) is 0 Å². The lowest BCUT2D eigenvalue weighted by Gasteiger charge is -2.34. The normalized spacial score (nSPS) is 12.8. The molecular formula is C30H35Cl2N3O4S. The molecule has 2 atom stereocenters. The molecule has 0 bridgehead atoms. The van der Waals surface area contributed by atoms with Gasteiger partial charge >= 0.3 is 0 Å². The molecule has 1 N–H and O–H groups in total. The zero-order valence-corrected chi connectivity index (χ0v) is 25.4. The fraction of sp³-hybridized carbons (Fsp3) is 0.333. The van der Waals surface area contributed by atoms with Crippen LogP contribution in [0.25, 0.3) is 0 Å². The second-order valence-electron chi connectivity index (χ2n) is 9.61. The Balaban J connectivity index is 2.08. The average Bonchev–Trinajstić information content (AvgIpc) is 2.94. The van der Waals surface area contributed by atoms with Gasteiger partial charge in [-0.05, 0) is 68.1 Å². The van der Waals surface area contributed by atoms with E-state index in [1.165, 1.54) is 35.2 Å². The van der Waals surface area contributed by atoms with Crippen molar-refractivity contribution in [3.05, 3.63) is 94.0 Å². The number of nitrogens with one attached hydrogen (secondary N) is 1. The Morgan fingerprint density at radius 3 is 2.15 bits per heavy atom. The van der Waals surface area contributed by atoms with Gasteiger partial charge in [-0.1, -0.05) is 79.5 Å². The predicted molar refractivity (Wildman–Crippen MR) is 161 cm³/mol. The van der Waals surface area contributed by atoms with Crippen molar-refractivity contribution >= 4 is 50.7 Å². The molecule has 0 heterocycles. The Kier molecular flexibility index (Phi) is 11.0. The molecule has 0 saturated carbocycles. The van der Waals surface area contributed by atoms with Gasteiger partial charge in [0.2, 0.25) is 11.8 Å². The van der Waals surface area contributed by atoms with Crippen LogP contribution in [0.1, 0.15) is 44.7 Å². The summed E-state index contributed by atoms with van der Waals surface area (Å²) in [4.78, 5) is 28.9. The van der Waals surface area contributed by atoms with Crippen LogP contribution in [0.5, 0.6) is 0 Å². The molecule has 0 aliphatic rings. The van der Waals surface area contributed by atoms with Gasteiger partial charge in [0.25, 0.3) is 10.0 Å². The van der Waals surface area contributed by atoms with Gasteiger partial charge in [-0.15, -0.1) is 0 Å². The van der Waals surface area contributed by atoms with Gasteiger partial charge in [-0.3, -0.25) is 13.9 Å². The summed E-state index contributed by atoms with van der Waals surface area (Å²) in [6, 6.07) is 19.0. The van der Waals surface area contributed by atoms with E-state index < -0.39 is 28.5 Å². The summed E-state index contributed by atoms with van der Waals surface area (Å²) in [6.45, 7) is 7.21. The molecule has 214 valence electrons. The summed E-state index contributed by atoms with van der Waals surface area (Å²) in [6.07, 6.45) is 1.08. The predicted octanol–water partition coefficient (Wildman–Crippen LogP) is 6.22. The third-order valence-electron chi connectivity index (χ3n) is 6.79. The number of hydrogen-bond acceptors (Lipinski definition) is 4. The smallest absolute Gasteiger partial charge is 0.264 e. The summed E-state index contributed by atoms with van der Waals surface area (Å²) in [7, 11) is -4.19. The second-order valence-corrected chi connectivity index (χ2v) is 12.3. The maximum absolute atomic E-state index is 14.1. The van der Waals surface area contributed by atoms with E-state index in [0.29, 0.717) is 6.42 Å². The van der Waals surface area contributed by atoms with Crippen molar-refractivity contribution < 1.29 is 18.0 Å². The Hall–Kier alpha value is -3.07. The van der Waals surface area contributed by atoms with Crippen molar-refractivity contribution in [1.82, 2.24) is 10.2 Å². The van der Waals surface area contributed by atoms with Gasteiger partial charge in [0, 0.05) is 12.6 Å². The van der Waals surface area contributed by atoms with Crippen molar-refractivity contribution in [2.75, 3.05) is 10.8 Å². The molecule has 3 aromatic carbocycles. The first-order chi connectivity index (χ1) is 19.0. The number of carbonyl (C=O) groups is 2. The molecule has 2 amide bonds. The highest BCUT2D eigenvalue weighted by Gasteiger charge is 2.34. The fourth-order valence-corrected chi connectivity index (χ4v) is 5.94. The molecule has 0 saturated heterocycles. The largest absolute Gasteiger partial charge is 0.352 e. The highest BCUT2D eigenvalue weighted by molar-refractivity contribution is 7.92. The molecular weight excluding hydrogens is 569 g/mol. The van der Waals surface area contributed by atoms with E-state index in [4.69, 9.17) is 23.2 Å². The molecule has 0 fully saturated rings. The molecule has 0 spiro atoms. The van der Waals surface area contributed by atoms with E-state index in [2.05, 4.69) is 5.32 Å². The topological polar surface area (TPSA) is 86.8 Å². The van der Waals surface area contributed by atoms with Gasteiger partial charge < -0.3 is 10.2 Å². The van der Waals surface area contributed by atoms with Crippen LogP contribution in [0.3, 0.4) is 0 Å². The SMILES string of the molecule is CC[C@@H](C)NC(=O)[C@H](CC)N(Cc1ccccc1C)C(=O)CN(c1ccc(Cl)c(Cl)c1)S(=O)(=O)c1ccccc1. The molecule has 7 nitrogen and oxygen atoms in total. The fourth-order valence-electron chi connectivity index (χ4n) is 4.22. The molecule has 10 heteroatoms. The molecule has 3 aromatic rings. The summed E-state index contributed by atoms with van der Waals surface area (Å²) >= 11 is 12.4. The number of aryl methyl sites for hydroxylation is 1. The van der Waals surface area contributed by atoms with Gasteiger partial charge in [0.15, 0.2) is 0 Å². The summed E-state index contributed by atoms with van der Waals surface area (Å²) in [5.41, 5.74) is 1.99. The maximum atomic E-state index is 14.1. The molecule has 0 radical (unpaired) electrons. The van der Waals surface area contributed by atoms with E-state index in [1.54, 1.807) is 18.2 Å². The lowest BCUT2D eigenvalue weighted by Crippen LogP contribution is -2.53. The van der Waals surface area contributed by atoms with E-state index in [1.807, 2.05) is 52.0 Å². The monoisotopic (exact) mass is 603 g/mol. The van der Waals surface area contributed by atoms with Gasteiger partial charge in [0.1, 0.15) is 12.6 Å². The molecule has 0 aliphatic heterocycles. The minimum atomic E-state index is -4.19. The number of sulfonamides is 1. The number of hydrogen-bond donors (Lipinski definition) is 1. The Morgan fingerprint density at radius 1 is 0.900 bits per heavy atom. The lowest BCUT2D eigenvalue weighted by molar-refractivity contribution is -0.140. The summed E-state index contributed by atoms with van der Waals surface area (Å²) in [5, 5.41) is 3.38. The number of benzene rings is 3. The Labute approximate surface area is 247 Å². The lowest BCUT2D eigenvalue weighted by atomic mass is 10.1. The second kappa shape index (κ2) is 14.0. The quantitative estimate of drug-likeness (QED) is 0.266. The van der Waals surface area contributed by atoms with Gasteiger partial charge in [-0.25, -0.2) is 8.42 Å². The zero-order valence-electron chi connectivity index (χ0n) is 23.1. The van der Waals surface area contributed by atoms with Crippen molar-refractivity contribution in [2.24, 2.45) is 0 Å². The molecule has 3 rings (SSSR count). The zero-order chi connectivity index (χ0) is 29.4. The van der Waals surface area contributed by atoms with Crippen LogP contribution >= 0.6 is 23.2 Å². The number of rotatable bonds is 12. The van der Waals surface area contributed by atoms with Crippen LogP contribution in [-0.4, -0.2) is 43.8 Å². The highest BCUT2D eigenvalue weighted by atomic mass is 35.5. The van der Waals surface area contributed by atoms with Crippen LogP contribution in [0, 0.1) is 6.92 Å². The minimum absolute atomic E-state index is 0.0147. The number of carbonyl (C=O) groups excluding carboxylic acids is 2. The van der Waals surface area contributed by atoms with E-state index in [0.717, 1.165) is 21.9 Å². The first-order valence-electron chi connectivity index (χ1n) is 13.2. The summed E-state index contributed by atoms with van der Waals surface area (Å²) in [5.74, 6) is -0.814. The van der Waals surface area contributed by atoms with Gasteiger partial charge in [0.05, 0.1) is 20.6 Å². The van der Waals surface area contributed by atoms with Crippen molar-refractivity contribution in [1.29, 1.82) is 0 Å². The van der Waals surface area contributed by atoms with E-state index in [-0.39, 0.29) is 39.1 Å². The van der Waals surface area contributed by atoms with Crippen LogP contribution in [-0.2, 0) is 26.2 Å². The molecule has 0 unspecified atom stereocenters. The maximum Gasteiger partial charge on any atom is 0.264 e. The summed E-state index contributed by atoms with van der Waals surface area (Å²) < 4.78 is 28.7. The van der Waals surface area contributed by atoms with Crippen molar-refractivity contribution in [3.8, 4) is 0 Å². The average molecular weight is 605 g/mol. The number of amides is 2. The Morgan fingerprint density at radius 2 is 1.55 bits per heavy atom. The van der Waals surface area contributed by atoms with Crippen LogP contribution in [0.2, 0.25) is 10.0 Å². The van der Waals surface area contributed by atoms with Crippen LogP contribution < -0.4 is 9.62 Å². The first-order valence-corrected chi connectivity index (χ1v) is 15.4. The standard InChI is InChI=1S/C30H35Cl2N3O4S/c1-5-22(4)33-30(37)28(6-2)34(19-23-13-11-10-12-21(23)3)29(36)20-35(24-16-17-26(31)27(32)18-24)40(38,39)25-14-8-7-9-15-25/h7-18,22,28H,5-6,19-20H2,1-4H3,(H,33,37)/t22-,28+/m1/s1. The van der Waals surface area contributed by atoms with E-state index >= 15 is 0 Å². The number of nitrogens with zero attached hydrogens (tertiary/aromatic N) is 2. The third kappa shape index (κ3) is 7.56. The van der Waals surface area contributed by atoms with Crippen molar-refractivity contribution in [3.63, 3.8) is 0 Å². The molecule has 40 heavy (non-hydrogen) atoms. The van der Waals surface area contributed by atoms with Crippen LogP contribution in [0.4, 0.5) is 5.69 Å². The first kappa shape index (κ1) is 31.5. The van der Waals surface area contributed by atoms with Crippen LogP contribution in [0.15, 0.2) is 77.7 Å². The Bertz CT molecular complexity index is 1430. The number of anilines is 1. The van der Waals surface area contributed by atoms with Crippen molar-refractivity contribution in [2.45, 2.75) is 64.1 Å². The van der Waals surface area contributed by atoms with E-state index in [9.17, 15) is 18.0 Å².